The summed E-state index contributed by atoms with van der Waals surface area (Å²) in [7, 11) is 0. The van der Waals surface area contributed by atoms with E-state index in [2.05, 4.69) is 15.2 Å². The number of fused-ring (bicyclic) bond motifs is 1. The number of H-pyrrole nitrogens is 1. The number of nitrogens with one attached hydrogen (secondary N) is 2. The van der Waals surface area contributed by atoms with E-state index in [9.17, 15) is 4.79 Å². The van der Waals surface area contributed by atoms with Crippen LogP contribution in [0.3, 0.4) is 0 Å². The molecule has 0 spiro atoms. The van der Waals surface area contributed by atoms with Crippen LogP contribution in [0.2, 0.25) is 10.0 Å². The van der Waals surface area contributed by atoms with Gasteiger partial charge in [-0.2, -0.15) is 0 Å². The summed E-state index contributed by atoms with van der Waals surface area (Å²) < 4.78 is 0. The van der Waals surface area contributed by atoms with Crippen molar-refractivity contribution in [2.45, 2.75) is 25.2 Å². The van der Waals surface area contributed by atoms with Crippen LogP contribution < -0.4 is 5.32 Å². The summed E-state index contributed by atoms with van der Waals surface area (Å²) in [6, 6.07) is 13.5. The minimum atomic E-state index is -0.104. The average Bonchev–Trinajstić information content (AvgIpc) is 3.36. The number of carbonyl (C=O) groups excluding carboxylic acids is 1. The first-order valence-corrected chi connectivity index (χ1v) is 10.9. The third-order valence-corrected chi connectivity index (χ3v) is 6.11. The van der Waals surface area contributed by atoms with E-state index < -0.39 is 0 Å². The number of halogens is 2. The maximum atomic E-state index is 12.8. The number of likely N-dealkylation sites (tertiary alicyclic amines) is 1. The Balaban J connectivity index is 1.55. The lowest BCUT2D eigenvalue weighted by atomic mass is 9.88. The van der Waals surface area contributed by atoms with Crippen LogP contribution in [-0.4, -0.2) is 42.0 Å². The minimum Gasteiger partial charge on any atom is -0.361 e. The smallest absolute Gasteiger partial charge is 0.220 e. The van der Waals surface area contributed by atoms with Gasteiger partial charge in [-0.05, 0) is 67.4 Å². The highest BCUT2D eigenvalue weighted by Crippen LogP contribution is 2.35. The van der Waals surface area contributed by atoms with Gasteiger partial charge in [0.25, 0.3) is 0 Å². The van der Waals surface area contributed by atoms with E-state index >= 15 is 0 Å². The van der Waals surface area contributed by atoms with Crippen molar-refractivity contribution in [1.82, 2.24) is 15.2 Å². The van der Waals surface area contributed by atoms with E-state index in [0.717, 1.165) is 41.7 Å². The Labute approximate surface area is 181 Å². The maximum Gasteiger partial charge on any atom is 0.220 e. The molecule has 1 aliphatic heterocycles. The van der Waals surface area contributed by atoms with Gasteiger partial charge >= 0.3 is 0 Å². The van der Waals surface area contributed by atoms with Crippen LogP contribution in [0.1, 0.15) is 36.3 Å². The summed E-state index contributed by atoms with van der Waals surface area (Å²) in [5, 5.41) is 5.48. The first-order valence-electron chi connectivity index (χ1n) is 10.1. The van der Waals surface area contributed by atoms with E-state index in [-0.39, 0.29) is 11.8 Å². The predicted molar refractivity (Wildman–Crippen MR) is 120 cm³/mol. The van der Waals surface area contributed by atoms with Gasteiger partial charge in [0, 0.05) is 52.6 Å². The van der Waals surface area contributed by atoms with Crippen molar-refractivity contribution in [3.05, 3.63) is 69.8 Å². The molecule has 0 bridgehead atoms. The first-order chi connectivity index (χ1) is 14.1. The van der Waals surface area contributed by atoms with E-state index in [1.807, 2.05) is 48.7 Å². The van der Waals surface area contributed by atoms with Gasteiger partial charge in [-0.3, -0.25) is 4.79 Å². The summed E-state index contributed by atoms with van der Waals surface area (Å²) >= 11 is 12.5. The predicted octanol–water partition coefficient (Wildman–Crippen LogP) is 5.21. The number of hydrogen-bond donors (Lipinski definition) is 2. The molecular weight excluding hydrogens is 405 g/mol. The lowest BCUT2D eigenvalue weighted by Crippen LogP contribution is -2.34. The normalized spacial score (nSPS) is 15.7. The Morgan fingerprint density at radius 1 is 1.10 bits per heavy atom. The van der Waals surface area contributed by atoms with Gasteiger partial charge in [0.1, 0.15) is 0 Å². The van der Waals surface area contributed by atoms with Gasteiger partial charge in [0.2, 0.25) is 5.91 Å². The largest absolute Gasteiger partial charge is 0.361 e. The zero-order valence-corrected chi connectivity index (χ0v) is 17.8. The third kappa shape index (κ3) is 4.95. The molecule has 1 fully saturated rings. The fraction of sp³-hybridized carbons (Fsp3) is 0.348. The number of carbonyl (C=O) groups is 1. The molecule has 1 aromatic heterocycles. The molecule has 0 unspecified atom stereocenters. The quantitative estimate of drug-likeness (QED) is 0.541. The van der Waals surface area contributed by atoms with Gasteiger partial charge in [0.15, 0.2) is 0 Å². The molecule has 1 saturated heterocycles. The number of hydrogen-bond acceptors (Lipinski definition) is 2. The van der Waals surface area contributed by atoms with Crippen molar-refractivity contribution < 1.29 is 4.79 Å². The van der Waals surface area contributed by atoms with Crippen LogP contribution in [0.5, 0.6) is 0 Å². The van der Waals surface area contributed by atoms with Crippen LogP contribution in [0, 0.1) is 0 Å². The zero-order chi connectivity index (χ0) is 20.2. The summed E-state index contributed by atoms with van der Waals surface area (Å²) in [5.41, 5.74) is 3.08. The minimum absolute atomic E-state index is 0.0468. The van der Waals surface area contributed by atoms with Gasteiger partial charge in [0.05, 0.1) is 0 Å². The Hall–Kier alpha value is -2.01. The molecular formula is C23H25Cl2N3O. The Morgan fingerprint density at radius 3 is 2.69 bits per heavy atom. The molecule has 3 aromatic rings. The van der Waals surface area contributed by atoms with E-state index in [1.54, 1.807) is 0 Å². The Bertz CT molecular complexity index is 995. The molecule has 0 radical (unpaired) electrons. The summed E-state index contributed by atoms with van der Waals surface area (Å²) in [6.45, 7) is 3.87. The van der Waals surface area contributed by atoms with Gasteiger partial charge in [-0.1, -0.05) is 35.3 Å². The van der Waals surface area contributed by atoms with Crippen molar-refractivity contribution in [2.24, 2.45) is 0 Å². The van der Waals surface area contributed by atoms with Crippen LogP contribution in [0.25, 0.3) is 10.9 Å². The number of nitrogens with zero attached hydrogens (tertiary/aromatic N) is 1. The van der Waals surface area contributed by atoms with Crippen LogP contribution in [0.4, 0.5) is 0 Å². The fourth-order valence-corrected chi connectivity index (χ4v) is 4.52. The zero-order valence-electron chi connectivity index (χ0n) is 16.3. The molecule has 1 amide bonds. The highest BCUT2D eigenvalue weighted by atomic mass is 35.5. The van der Waals surface area contributed by atoms with E-state index in [0.29, 0.717) is 23.0 Å². The maximum absolute atomic E-state index is 12.8. The second-order valence-corrected chi connectivity index (χ2v) is 8.52. The Kier molecular flexibility index (Phi) is 6.43. The SMILES string of the molecule is O=C(C[C@H](c1cccc(Cl)c1)c1c[nH]c2ccc(Cl)cc12)NCCN1CCCC1. The van der Waals surface area contributed by atoms with E-state index in [4.69, 9.17) is 23.2 Å². The molecule has 29 heavy (non-hydrogen) atoms. The van der Waals surface area contributed by atoms with Crippen molar-refractivity contribution in [3.63, 3.8) is 0 Å². The summed E-state index contributed by atoms with van der Waals surface area (Å²) in [6.07, 6.45) is 4.85. The molecule has 0 aliphatic carbocycles. The fourth-order valence-electron chi connectivity index (χ4n) is 4.15. The second kappa shape index (κ2) is 9.21. The van der Waals surface area contributed by atoms with Gasteiger partial charge in [-0.15, -0.1) is 0 Å². The molecule has 2 heterocycles. The molecule has 2 aromatic carbocycles. The van der Waals surface area contributed by atoms with Crippen molar-refractivity contribution >= 4 is 40.0 Å². The van der Waals surface area contributed by atoms with Crippen molar-refractivity contribution in [1.29, 1.82) is 0 Å². The summed E-state index contributed by atoms with van der Waals surface area (Å²) in [5.74, 6) is -0.0572. The molecule has 4 rings (SSSR count). The first kappa shape index (κ1) is 20.3. The number of amides is 1. The molecule has 0 saturated carbocycles. The highest BCUT2D eigenvalue weighted by Gasteiger charge is 2.22. The molecule has 1 atom stereocenters. The van der Waals surface area contributed by atoms with Gasteiger partial charge < -0.3 is 15.2 Å². The monoisotopic (exact) mass is 429 g/mol. The van der Waals surface area contributed by atoms with Crippen LogP contribution in [-0.2, 0) is 4.79 Å². The lowest BCUT2D eigenvalue weighted by Gasteiger charge is -2.19. The third-order valence-electron chi connectivity index (χ3n) is 5.64. The molecule has 4 nitrogen and oxygen atoms in total. The van der Waals surface area contributed by atoms with Crippen molar-refractivity contribution in [2.75, 3.05) is 26.2 Å². The highest BCUT2D eigenvalue weighted by molar-refractivity contribution is 6.31. The lowest BCUT2D eigenvalue weighted by molar-refractivity contribution is -0.121. The number of aromatic amines is 1. The standard InChI is InChI=1S/C23H25Cl2N3O/c24-17-5-3-4-16(12-17)19(14-23(29)26-8-11-28-9-1-2-10-28)21-15-27-22-7-6-18(25)13-20(21)22/h3-7,12-13,15,19,27H,1-2,8-11,14H2,(H,26,29)/t19-/m1/s1. The molecule has 2 N–H and O–H groups in total. The topological polar surface area (TPSA) is 48.1 Å². The van der Waals surface area contributed by atoms with E-state index in [1.165, 1.54) is 12.8 Å². The van der Waals surface area contributed by atoms with Crippen LogP contribution in [0.15, 0.2) is 48.7 Å². The van der Waals surface area contributed by atoms with Gasteiger partial charge in [-0.25, -0.2) is 0 Å². The average molecular weight is 430 g/mol. The summed E-state index contributed by atoms with van der Waals surface area (Å²) in [4.78, 5) is 18.5. The Morgan fingerprint density at radius 2 is 1.90 bits per heavy atom. The molecule has 152 valence electrons. The number of benzene rings is 2. The van der Waals surface area contributed by atoms with Crippen LogP contribution >= 0.6 is 23.2 Å². The molecule has 6 heteroatoms. The number of rotatable bonds is 7. The second-order valence-electron chi connectivity index (χ2n) is 7.64. The number of aromatic nitrogens is 1. The van der Waals surface area contributed by atoms with Crippen molar-refractivity contribution in [3.8, 4) is 0 Å². The molecule has 1 aliphatic rings.